The molecule has 3 saturated heterocycles. The molecule has 1 spiro atoms. The fraction of sp³-hybridized carbons (Fsp3) is 0.727. The second-order valence-corrected chi connectivity index (χ2v) is 9.36. The molecule has 3 heterocycles. The van der Waals surface area contributed by atoms with Gasteiger partial charge in [-0.2, -0.15) is 0 Å². The highest BCUT2D eigenvalue weighted by atomic mass is 19.1. The van der Waals surface area contributed by atoms with Gasteiger partial charge in [0.05, 0.1) is 24.4 Å². The normalized spacial score (nSPS) is 25.8. The van der Waals surface area contributed by atoms with Crippen LogP contribution in [-0.2, 0) is 4.74 Å². The molecule has 6 heteroatoms. The Labute approximate surface area is 167 Å². The average molecular weight is 393 g/mol. The van der Waals surface area contributed by atoms with Crippen molar-refractivity contribution >= 4 is 0 Å². The van der Waals surface area contributed by atoms with Crippen LogP contribution in [0.4, 0.5) is 4.39 Å². The molecule has 156 valence electrons. The molecule has 3 fully saturated rings. The number of halogens is 1. The Morgan fingerprint density at radius 1 is 1.32 bits per heavy atom. The van der Waals surface area contributed by atoms with E-state index in [9.17, 15) is 9.50 Å². The van der Waals surface area contributed by atoms with Gasteiger partial charge in [0.25, 0.3) is 0 Å². The summed E-state index contributed by atoms with van der Waals surface area (Å²) >= 11 is 0. The molecule has 0 aliphatic carbocycles. The van der Waals surface area contributed by atoms with E-state index in [0.717, 1.165) is 57.6 Å². The van der Waals surface area contributed by atoms with Crippen molar-refractivity contribution in [1.82, 2.24) is 10.2 Å². The summed E-state index contributed by atoms with van der Waals surface area (Å²) in [6.07, 6.45) is 3.75. The van der Waals surface area contributed by atoms with E-state index in [2.05, 4.69) is 10.2 Å². The fourth-order valence-electron chi connectivity index (χ4n) is 4.66. The van der Waals surface area contributed by atoms with Crippen molar-refractivity contribution in [2.75, 3.05) is 39.4 Å². The Bertz CT molecular complexity index is 679. The van der Waals surface area contributed by atoms with Crippen LogP contribution in [0.2, 0.25) is 0 Å². The summed E-state index contributed by atoms with van der Waals surface area (Å²) in [5, 5.41) is 13.2. The van der Waals surface area contributed by atoms with E-state index < -0.39 is 5.60 Å². The van der Waals surface area contributed by atoms with Crippen molar-refractivity contribution in [1.29, 1.82) is 0 Å². The lowest BCUT2D eigenvalue weighted by Gasteiger charge is -2.40. The van der Waals surface area contributed by atoms with Crippen molar-refractivity contribution < 1.29 is 19.0 Å². The van der Waals surface area contributed by atoms with Crippen molar-refractivity contribution in [2.45, 2.75) is 62.7 Å². The van der Waals surface area contributed by atoms with Crippen molar-refractivity contribution in [3.05, 3.63) is 29.6 Å². The number of rotatable bonds is 6. The summed E-state index contributed by atoms with van der Waals surface area (Å²) < 4.78 is 25.8. The van der Waals surface area contributed by atoms with Crippen LogP contribution >= 0.6 is 0 Å². The first-order valence-electron chi connectivity index (χ1n) is 10.6. The zero-order chi connectivity index (χ0) is 19.8. The standard InChI is InChI=1S/C22H33FN2O3/c1-21(2,26)7-10-27-20-11-17(23)3-4-19(20)16-5-8-25(9-6-16)18-12-22(28-13-18)14-24-15-22/h3-4,11,16,18,24,26H,5-10,12-15H2,1-2H3. The Hall–Kier alpha value is -1.21. The fourth-order valence-corrected chi connectivity index (χ4v) is 4.66. The van der Waals surface area contributed by atoms with Gasteiger partial charge in [-0.05, 0) is 63.7 Å². The Morgan fingerprint density at radius 3 is 2.68 bits per heavy atom. The highest BCUT2D eigenvalue weighted by Gasteiger charge is 2.47. The number of hydrogen-bond donors (Lipinski definition) is 2. The number of benzene rings is 1. The van der Waals surface area contributed by atoms with Gasteiger partial charge < -0.3 is 19.9 Å². The monoisotopic (exact) mass is 392 g/mol. The number of likely N-dealkylation sites (tertiary alicyclic amines) is 1. The first kappa shape index (κ1) is 20.1. The van der Waals surface area contributed by atoms with Crippen LogP contribution in [0.15, 0.2) is 18.2 Å². The third-order valence-corrected chi connectivity index (χ3v) is 6.52. The highest BCUT2D eigenvalue weighted by Crippen LogP contribution is 2.38. The molecule has 0 saturated carbocycles. The number of hydrogen-bond acceptors (Lipinski definition) is 5. The highest BCUT2D eigenvalue weighted by molar-refractivity contribution is 5.37. The predicted octanol–water partition coefficient (Wildman–Crippen LogP) is 2.68. The molecule has 0 radical (unpaired) electrons. The summed E-state index contributed by atoms with van der Waals surface area (Å²) in [5.41, 5.74) is 0.411. The summed E-state index contributed by atoms with van der Waals surface area (Å²) in [4.78, 5) is 2.57. The van der Waals surface area contributed by atoms with Crippen LogP contribution < -0.4 is 10.1 Å². The van der Waals surface area contributed by atoms with E-state index in [4.69, 9.17) is 9.47 Å². The molecule has 1 unspecified atom stereocenters. The summed E-state index contributed by atoms with van der Waals surface area (Å²) in [6, 6.07) is 5.43. The molecule has 4 rings (SSSR count). The molecular formula is C22H33FN2O3. The molecule has 0 amide bonds. The van der Waals surface area contributed by atoms with Gasteiger partial charge >= 0.3 is 0 Å². The van der Waals surface area contributed by atoms with E-state index in [0.29, 0.717) is 30.7 Å². The minimum atomic E-state index is -0.782. The van der Waals surface area contributed by atoms with Gasteiger partial charge in [-0.25, -0.2) is 4.39 Å². The van der Waals surface area contributed by atoms with Crippen LogP contribution in [0.5, 0.6) is 5.75 Å². The van der Waals surface area contributed by atoms with Gasteiger partial charge in [0, 0.05) is 31.6 Å². The second kappa shape index (κ2) is 7.90. The third-order valence-electron chi connectivity index (χ3n) is 6.52. The van der Waals surface area contributed by atoms with Crippen LogP contribution in [0, 0.1) is 5.82 Å². The Morgan fingerprint density at radius 2 is 2.07 bits per heavy atom. The average Bonchev–Trinajstić information content (AvgIpc) is 3.07. The number of aliphatic hydroxyl groups is 1. The molecule has 1 aromatic carbocycles. The number of nitrogens with zero attached hydrogens (tertiary/aromatic N) is 1. The minimum absolute atomic E-state index is 0.0972. The number of piperidine rings is 1. The molecule has 0 aromatic heterocycles. The van der Waals surface area contributed by atoms with Crippen LogP contribution in [0.25, 0.3) is 0 Å². The second-order valence-electron chi connectivity index (χ2n) is 9.36. The maximum Gasteiger partial charge on any atom is 0.126 e. The Kier molecular flexibility index (Phi) is 5.67. The van der Waals surface area contributed by atoms with E-state index in [1.165, 1.54) is 12.1 Å². The first-order chi connectivity index (χ1) is 13.3. The van der Waals surface area contributed by atoms with Gasteiger partial charge in [0.1, 0.15) is 11.6 Å². The molecular weight excluding hydrogens is 359 g/mol. The molecule has 28 heavy (non-hydrogen) atoms. The molecule has 1 atom stereocenters. The largest absolute Gasteiger partial charge is 0.493 e. The lowest BCUT2D eigenvalue weighted by molar-refractivity contribution is -0.0367. The van der Waals surface area contributed by atoms with Crippen molar-refractivity contribution in [2.24, 2.45) is 0 Å². The molecule has 3 aliphatic rings. The van der Waals surface area contributed by atoms with Crippen LogP contribution in [-0.4, -0.2) is 66.6 Å². The minimum Gasteiger partial charge on any atom is -0.493 e. The zero-order valence-corrected chi connectivity index (χ0v) is 17.0. The summed E-state index contributed by atoms with van der Waals surface area (Å²) in [7, 11) is 0. The lowest BCUT2D eigenvalue weighted by Crippen LogP contribution is -2.59. The predicted molar refractivity (Wildman–Crippen MR) is 106 cm³/mol. The number of nitrogens with one attached hydrogen (secondary N) is 1. The smallest absolute Gasteiger partial charge is 0.126 e. The van der Waals surface area contributed by atoms with Gasteiger partial charge in [-0.1, -0.05) is 6.07 Å². The van der Waals surface area contributed by atoms with Gasteiger partial charge in [0.2, 0.25) is 0 Å². The quantitative estimate of drug-likeness (QED) is 0.780. The number of ether oxygens (including phenoxy) is 2. The van der Waals surface area contributed by atoms with E-state index in [1.54, 1.807) is 13.8 Å². The van der Waals surface area contributed by atoms with Crippen LogP contribution in [0.3, 0.4) is 0 Å². The molecule has 1 aromatic rings. The van der Waals surface area contributed by atoms with Gasteiger partial charge in [-0.15, -0.1) is 0 Å². The maximum absolute atomic E-state index is 13.8. The SMILES string of the molecule is CC(C)(O)CCOc1cc(F)ccc1C1CCN(C2COC3(CNC3)C2)CC1. The summed E-state index contributed by atoms with van der Waals surface area (Å²) in [5.74, 6) is 0.740. The third kappa shape index (κ3) is 4.51. The summed E-state index contributed by atoms with van der Waals surface area (Å²) in [6.45, 7) is 8.81. The first-order valence-corrected chi connectivity index (χ1v) is 10.6. The zero-order valence-electron chi connectivity index (χ0n) is 17.0. The molecule has 5 nitrogen and oxygen atoms in total. The van der Waals surface area contributed by atoms with E-state index in [-0.39, 0.29) is 11.4 Å². The van der Waals surface area contributed by atoms with Crippen molar-refractivity contribution in [3.8, 4) is 5.75 Å². The van der Waals surface area contributed by atoms with Gasteiger partial charge in [0.15, 0.2) is 0 Å². The lowest BCUT2D eigenvalue weighted by atomic mass is 9.86. The van der Waals surface area contributed by atoms with Crippen LogP contribution in [0.1, 0.15) is 51.0 Å². The molecule has 0 bridgehead atoms. The molecule has 3 aliphatic heterocycles. The van der Waals surface area contributed by atoms with Gasteiger partial charge in [-0.3, -0.25) is 4.90 Å². The topological polar surface area (TPSA) is 54.0 Å². The Balaban J connectivity index is 1.35. The maximum atomic E-state index is 13.8. The molecule has 2 N–H and O–H groups in total. The van der Waals surface area contributed by atoms with E-state index >= 15 is 0 Å². The van der Waals surface area contributed by atoms with E-state index in [1.807, 2.05) is 6.07 Å². The van der Waals surface area contributed by atoms with Crippen molar-refractivity contribution in [3.63, 3.8) is 0 Å².